The largest absolute Gasteiger partial charge is 0.480 e. The number of nitrogens with one attached hydrogen (secondary N) is 1. The molecule has 0 unspecified atom stereocenters. The maximum atomic E-state index is 11.3. The van der Waals surface area contributed by atoms with Gasteiger partial charge in [-0.05, 0) is 24.6 Å². The van der Waals surface area contributed by atoms with Gasteiger partial charge in [-0.3, -0.25) is 9.78 Å². The van der Waals surface area contributed by atoms with Crippen LogP contribution in [0.5, 0.6) is 0 Å². The lowest BCUT2D eigenvalue weighted by molar-refractivity contribution is -0.134. The van der Waals surface area contributed by atoms with Gasteiger partial charge in [0.1, 0.15) is 0 Å². The van der Waals surface area contributed by atoms with E-state index in [4.69, 9.17) is 5.11 Å². The second kappa shape index (κ2) is 5.04. The van der Waals surface area contributed by atoms with Crippen molar-refractivity contribution in [2.75, 3.05) is 5.75 Å². The summed E-state index contributed by atoms with van der Waals surface area (Å²) >= 11 is 0. The third kappa shape index (κ3) is 3.95. The van der Waals surface area contributed by atoms with Crippen molar-refractivity contribution in [2.45, 2.75) is 13.0 Å². The Morgan fingerprint density at radius 2 is 2.06 bits per heavy atom. The maximum absolute atomic E-state index is 11.3. The highest BCUT2D eigenvalue weighted by Gasteiger charge is 2.18. The number of aromatic nitrogens is 1. The Morgan fingerprint density at radius 1 is 1.50 bits per heavy atom. The summed E-state index contributed by atoms with van der Waals surface area (Å²) in [6.07, 6.45) is 3.08. The Hall–Kier alpha value is -1.47. The third-order valence-electron chi connectivity index (χ3n) is 1.88. The van der Waals surface area contributed by atoms with Gasteiger partial charge in [0.2, 0.25) is 10.0 Å². The van der Waals surface area contributed by atoms with Gasteiger partial charge < -0.3 is 5.11 Å². The smallest absolute Gasteiger partial charge is 0.320 e. The minimum absolute atomic E-state index is 0.479. The first-order valence-electron chi connectivity index (χ1n) is 4.52. The molecule has 0 fully saturated rings. The van der Waals surface area contributed by atoms with Crippen LogP contribution in [0, 0.1) is 0 Å². The van der Waals surface area contributed by atoms with E-state index in [1.54, 1.807) is 19.1 Å². The summed E-state index contributed by atoms with van der Waals surface area (Å²) in [6.45, 7) is 1.63. The highest BCUT2D eigenvalue weighted by atomic mass is 32.2. The molecule has 0 saturated heterocycles. The molecule has 1 aromatic heterocycles. The molecule has 6 nitrogen and oxygen atoms in total. The fourth-order valence-electron chi connectivity index (χ4n) is 1.19. The molecule has 1 heterocycles. The van der Waals surface area contributed by atoms with Crippen LogP contribution in [0.2, 0.25) is 0 Å². The summed E-state index contributed by atoms with van der Waals surface area (Å²) in [4.78, 5) is 14.1. The molecule has 1 atom stereocenters. The molecule has 7 heteroatoms. The average Bonchev–Trinajstić information content (AvgIpc) is 2.16. The lowest BCUT2D eigenvalue weighted by Crippen LogP contribution is -2.32. The van der Waals surface area contributed by atoms with Crippen molar-refractivity contribution in [1.82, 2.24) is 9.71 Å². The number of sulfonamides is 1. The van der Waals surface area contributed by atoms with Crippen LogP contribution in [0.3, 0.4) is 0 Å². The fourth-order valence-corrected chi connectivity index (χ4v) is 2.28. The summed E-state index contributed by atoms with van der Waals surface area (Å²) in [7, 11) is -3.80. The zero-order chi connectivity index (χ0) is 12.2. The summed E-state index contributed by atoms with van der Waals surface area (Å²) in [5.74, 6) is -2.31. The van der Waals surface area contributed by atoms with Crippen LogP contribution < -0.4 is 4.72 Å². The van der Waals surface area contributed by atoms with E-state index >= 15 is 0 Å². The molecular formula is C9H12N2O4S. The lowest BCUT2D eigenvalue weighted by Gasteiger charge is -2.13. The van der Waals surface area contributed by atoms with E-state index in [-0.39, 0.29) is 0 Å². The van der Waals surface area contributed by atoms with Gasteiger partial charge in [0.05, 0.1) is 0 Å². The third-order valence-corrected chi connectivity index (χ3v) is 3.22. The van der Waals surface area contributed by atoms with E-state index in [1.807, 2.05) is 0 Å². The molecule has 0 spiro atoms. The van der Waals surface area contributed by atoms with Crippen molar-refractivity contribution in [3.05, 3.63) is 30.1 Å². The van der Waals surface area contributed by atoms with Gasteiger partial charge in [0.15, 0.2) is 5.75 Å². The number of hydrogen-bond acceptors (Lipinski definition) is 4. The van der Waals surface area contributed by atoms with E-state index < -0.39 is 27.8 Å². The van der Waals surface area contributed by atoms with Gasteiger partial charge in [-0.25, -0.2) is 13.1 Å². The molecule has 0 bridgehead atoms. The topological polar surface area (TPSA) is 96.4 Å². The van der Waals surface area contributed by atoms with Crippen LogP contribution in [0.1, 0.15) is 18.5 Å². The molecule has 2 N–H and O–H groups in total. The minimum Gasteiger partial charge on any atom is -0.480 e. The first-order valence-corrected chi connectivity index (χ1v) is 6.17. The molecule has 0 aromatic carbocycles. The number of carboxylic acids is 1. The summed E-state index contributed by atoms with van der Waals surface area (Å²) in [5.41, 5.74) is 0.726. The van der Waals surface area contributed by atoms with Crippen LogP contribution in [-0.4, -0.2) is 30.2 Å². The van der Waals surface area contributed by atoms with E-state index in [9.17, 15) is 13.2 Å². The molecule has 0 amide bonds. The first kappa shape index (κ1) is 12.6. The van der Waals surface area contributed by atoms with Crippen LogP contribution in [0.15, 0.2) is 24.5 Å². The standard InChI is InChI=1S/C9H12N2O4S/c1-7(8-2-4-10-5-3-8)11-16(14,15)6-9(12)13/h2-5,7,11H,6H2,1H3,(H,12,13)/t7-/m0/s1. The van der Waals surface area contributed by atoms with E-state index in [1.165, 1.54) is 12.4 Å². The van der Waals surface area contributed by atoms with E-state index in [0.717, 1.165) is 5.56 Å². The minimum atomic E-state index is -3.80. The fraction of sp³-hybridized carbons (Fsp3) is 0.333. The molecule has 0 radical (unpaired) electrons. The van der Waals surface area contributed by atoms with Crippen LogP contribution in [0.4, 0.5) is 0 Å². The van der Waals surface area contributed by atoms with E-state index in [2.05, 4.69) is 9.71 Å². The van der Waals surface area contributed by atoms with Crippen molar-refractivity contribution in [3.63, 3.8) is 0 Å². The van der Waals surface area contributed by atoms with Crippen molar-refractivity contribution in [2.24, 2.45) is 0 Å². The zero-order valence-electron chi connectivity index (χ0n) is 8.62. The van der Waals surface area contributed by atoms with Gasteiger partial charge in [-0.1, -0.05) is 0 Å². The number of rotatable bonds is 5. The van der Waals surface area contributed by atoms with Crippen LogP contribution in [0.25, 0.3) is 0 Å². The van der Waals surface area contributed by atoms with Gasteiger partial charge >= 0.3 is 5.97 Å². The number of pyridine rings is 1. The summed E-state index contributed by atoms with van der Waals surface area (Å²) in [6, 6.07) is 2.84. The Morgan fingerprint density at radius 3 is 2.56 bits per heavy atom. The molecule has 0 aliphatic carbocycles. The lowest BCUT2D eigenvalue weighted by atomic mass is 10.1. The molecule has 88 valence electrons. The van der Waals surface area contributed by atoms with Crippen molar-refractivity contribution in [1.29, 1.82) is 0 Å². The first-order chi connectivity index (χ1) is 7.41. The Labute approximate surface area is 93.4 Å². The molecule has 16 heavy (non-hydrogen) atoms. The number of hydrogen-bond donors (Lipinski definition) is 2. The zero-order valence-corrected chi connectivity index (χ0v) is 9.44. The predicted octanol–water partition coefficient (Wildman–Crippen LogP) is 0.147. The second-order valence-electron chi connectivity index (χ2n) is 3.27. The highest BCUT2D eigenvalue weighted by molar-refractivity contribution is 7.90. The van der Waals surface area contributed by atoms with Gasteiger partial charge in [-0.15, -0.1) is 0 Å². The Balaban J connectivity index is 2.72. The Bertz CT molecular complexity index is 458. The summed E-state index contributed by atoms with van der Waals surface area (Å²) in [5, 5.41) is 8.40. The number of aliphatic carboxylic acids is 1. The quantitative estimate of drug-likeness (QED) is 0.768. The summed E-state index contributed by atoms with van der Waals surface area (Å²) < 4.78 is 24.9. The molecule has 0 saturated carbocycles. The van der Waals surface area contributed by atoms with Crippen LogP contribution >= 0.6 is 0 Å². The Kier molecular flexibility index (Phi) is 3.97. The molecular weight excluding hydrogens is 232 g/mol. The van der Waals surface area contributed by atoms with E-state index in [0.29, 0.717) is 0 Å². The molecule has 1 aromatic rings. The normalized spacial score (nSPS) is 13.3. The van der Waals surface area contributed by atoms with Gasteiger partial charge in [-0.2, -0.15) is 0 Å². The van der Waals surface area contributed by atoms with Gasteiger partial charge in [0, 0.05) is 18.4 Å². The predicted molar refractivity (Wildman–Crippen MR) is 57.2 cm³/mol. The second-order valence-corrected chi connectivity index (χ2v) is 5.03. The van der Waals surface area contributed by atoms with Crippen molar-refractivity contribution in [3.8, 4) is 0 Å². The monoisotopic (exact) mass is 244 g/mol. The SMILES string of the molecule is C[C@H](NS(=O)(=O)CC(=O)O)c1ccncc1. The highest BCUT2D eigenvalue weighted by Crippen LogP contribution is 2.11. The number of carbonyl (C=O) groups is 1. The average molecular weight is 244 g/mol. The molecule has 1 rings (SSSR count). The number of nitrogens with zero attached hydrogens (tertiary/aromatic N) is 1. The van der Waals surface area contributed by atoms with Crippen LogP contribution in [-0.2, 0) is 14.8 Å². The maximum Gasteiger partial charge on any atom is 0.320 e. The molecule has 0 aliphatic rings. The van der Waals surface area contributed by atoms with Gasteiger partial charge in [0.25, 0.3) is 0 Å². The molecule has 0 aliphatic heterocycles. The van der Waals surface area contributed by atoms with Crippen molar-refractivity contribution < 1.29 is 18.3 Å². The van der Waals surface area contributed by atoms with Crippen molar-refractivity contribution >= 4 is 16.0 Å². The number of carboxylic acid groups (broad SMARTS) is 1.